The van der Waals surface area contributed by atoms with Crippen LogP contribution in [0.4, 0.5) is 0 Å². The van der Waals surface area contributed by atoms with Crippen LogP contribution in [0.2, 0.25) is 0 Å². The molecule has 0 aliphatic rings. The maximum absolute atomic E-state index is 0. The Bertz CT molecular complexity index is 6.00. The third-order valence-corrected chi connectivity index (χ3v) is 0. The summed E-state index contributed by atoms with van der Waals surface area (Å²) in [5.74, 6) is 0. The SMILES string of the molecule is [Br-].[Br-].[Ca+2].[Mg+2]. The fourth-order valence-electron chi connectivity index (χ4n) is 0. The summed E-state index contributed by atoms with van der Waals surface area (Å²) in [6.07, 6.45) is 0. The van der Waals surface area contributed by atoms with E-state index in [9.17, 15) is 0 Å². The zero-order valence-corrected chi connectivity index (χ0v) is 8.96. The van der Waals surface area contributed by atoms with Crippen molar-refractivity contribution in [3.05, 3.63) is 0 Å². The summed E-state index contributed by atoms with van der Waals surface area (Å²) in [6, 6.07) is 0. The molecule has 0 bridgehead atoms. The Balaban J connectivity index is 0. The van der Waals surface area contributed by atoms with E-state index in [0.29, 0.717) is 0 Å². The average molecular weight is 224 g/mol. The Hall–Kier alpha value is 2.99. The molecule has 0 aromatic heterocycles. The molecule has 4 heteroatoms. The molecule has 0 heterocycles. The average Bonchev–Trinajstić information content (AvgIpc) is 0. The van der Waals surface area contributed by atoms with Gasteiger partial charge in [-0.1, -0.05) is 0 Å². The molecule has 0 spiro atoms. The first kappa shape index (κ1) is 28.1. The smallest absolute Gasteiger partial charge is 1.00 e. The molecule has 0 aromatic rings. The first-order chi connectivity index (χ1) is 0. The second kappa shape index (κ2) is 16.7. The molecule has 0 rings (SSSR count). The summed E-state index contributed by atoms with van der Waals surface area (Å²) in [5.41, 5.74) is 0. The fourth-order valence-corrected chi connectivity index (χ4v) is 0. The molecular weight excluding hydrogens is 224 g/mol. The molecule has 16 valence electrons. The Morgan fingerprint density at radius 1 is 0.750 bits per heavy atom. The predicted octanol–water partition coefficient (Wildman–Crippen LogP) is -6.75. The van der Waals surface area contributed by atoms with Gasteiger partial charge in [0.05, 0.1) is 0 Å². The van der Waals surface area contributed by atoms with Crippen molar-refractivity contribution in [2.75, 3.05) is 0 Å². The maximum atomic E-state index is 0. The van der Waals surface area contributed by atoms with Gasteiger partial charge in [-0.25, -0.2) is 0 Å². The van der Waals surface area contributed by atoms with Gasteiger partial charge in [-0.2, -0.15) is 0 Å². The molecule has 0 saturated carbocycles. The van der Waals surface area contributed by atoms with Crippen LogP contribution in [0.25, 0.3) is 0 Å². The van der Waals surface area contributed by atoms with Crippen molar-refractivity contribution in [1.82, 2.24) is 0 Å². The zero-order chi connectivity index (χ0) is 0. The van der Waals surface area contributed by atoms with Crippen LogP contribution in [0.1, 0.15) is 0 Å². The summed E-state index contributed by atoms with van der Waals surface area (Å²) in [5, 5.41) is 0. The molecule has 0 radical (unpaired) electrons. The predicted molar refractivity (Wildman–Crippen MR) is 11.5 cm³/mol. The monoisotopic (exact) mass is 222 g/mol. The minimum Gasteiger partial charge on any atom is -1.00 e. The zero-order valence-electron chi connectivity index (χ0n) is 2.17. The van der Waals surface area contributed by atoms with Gasteiger partial charge in [-0.3, -0.25) is 0 Å². The normalized spacial score (nSPS) is 0. The molecule has 0 aromatic carbocycles. The van der Waals surface area contributed by atoms with Gasteiger partial charge in [0, 0.05) is 0 Å². The van der Waals surface area contributed by atoms with Gasteiger partial charge in [-0.15, -0.1) is 0 Å². The fraction of sp³-hybridized carbons (Fsp3) is 0. The van der Waals surface area contributed by atoms with E-state index in [1.54, 1.807) is 0 Å². The molecule has 0 amide bonds. The number of halogens is 2. The summed E-state index contributed by atoms with van der Waals surface area (Å²) in [4.78, 5) is 0. The van der Waals surface area contributed by atoms with Crippen LogP contribution in [0.5, 0.6) is 0 Å². The minimum atomic E-state index is 0. The van der Waals surface area contributed by atoms with Gasteiger partial charge < -0.3 is 34.0 Å². The maximum Gasteiger partial charge on any atom is 2.00 e. The quantitative estimate of drug-likeness (QED) is 0.359. The molecule has 0 N–H and O–H groups in total. The van der Waals surface area contributed by atoms with Crippen LogP contribution >= 0.6 is 0 Å². The van der Waals surface area contributed by atoms with Crippen LogP contribution < -0.4 is 34.0 Å². The molecule has 0 nitrogen and oxygen atoms in total. The van der Waals surface area contributed by atoms with Gasteiger partial charge in [0.25, 0.3) is 0 Å². The molecule has 0 saturated heterocycles. The standard InChI is InChI=1S/2BrH.Ca.Mg/h2*1H;;/q;;2*+2/p-2. The van der Waals surface area contributed by atoms with Gasteiger partial charge in [0.15, 0.2) is 0 Å². The molecule has 4 heavy (non-hydrogen) atoms. The Labute approximate surface area is 92.8 Å². The van der Waals surface area contributed by atoms with Crippen molar-refractivity contribution >= 4 is 60.8 Å². The van der Waals surface area contributed by atoms with Crippen molar-refractivity contribution in [2.45, 2.75) is 0 Å². The van der Waals surface area contributed by atoms with E-state index >= 15 is 0 Å². The van der Waals surface area contributed by atoms with Crippen LogP contribution in [0.15, 0.2) is 0 Å². The summed E-state index contributed by atoms with van der Waals surface area (Å²) in [7, 11) is 0. The van der Waals surface area contributed by atoms with Gasteiger partial charge >= 0.3 is 60.8 Å². The molecule has 0 unspecified atom stereocenters. The van der Waals surface area contributed by atoms with E-state index < -0.39 is 0 Å². The van der Waals surface area contributed by atoms with Gasteiger partial charge in [0.1, 0.15) is 0 Å². The van der Waals surface area contributed by atoms with E-state index in [0.717, 1.165) is 0 Å². The Morgan fingerprint density at radius 2 is 0.750 bits per heavy atom. The van der Waals surface area contributed by atoms with E-state index in [2.05, 4.69) is 0 Å². The second-order valence-corrected chi connectivity index (χ2v) is 0. The van der Waals surface area contributed by atoms with E-state index in [4.69, 9.17) is 0 Å². The van der Waals surface area contributed by atoms with Crippen molar-refractivity contribution in [3.8, 4) is 0 Å². The molecular formula is Br2CaMg+2. The van der Waals surface area contributed by atoms with Gasteiger partial charge in [0.2, 0.25) is 0 Å². The largest absolute Gasteiger partial charge is 2.00 e. The summed E-state index contributed by atoms with van der Waals surface area (Å²) >= 11 is 0. The third kappa shape index (κ3) is 8.88. The first-order valence-electron chi connectivity index (χ1n) is 0. The molecule has 0 fully saturated rings. The number of rotatable bonds is 0. The van der Waals surface area contributed by atoms with E-state index in [1.165, 1.54) is 0 Å². The van der Waals surface area contributed by atoms with Crippen LogP contribution in [0.3, 0.4) is 0 Å². The Kier molecular flexibility index (Phi) is 117. The van der Waals surface area contributed by atoms with Crippen LogP contribution in [-0.2, 0) is 0 Å². The number of hydrogen-bond acceptors (Lipinski definition) is 0. The molecule has 0 aliphatic heterocycles. The van der Waals surface area contributed by atoms with Crippen LogP contribution in [-0.4, -0.2) is 60.8 Å². The van der Waals surface area contributed by atoms with Crippen molar-refractivity contribution in [2.24, 2.45) is 0 Å². The van der Waals surface area contributed by atoms with Crippen molar-refractivity contribution in [1.29, 1.82) is 0 Å². The number of hydrogen-bond donors (Lipinski definition) is 0. The molecule has 0 atom stereocenters. The van der Waals surface area contributed by atoms with Crippen molar-refractivity contribution in [3.63, 3.8) is 0 Å². The second-order valence-electron chi connectivity index (χ2n) is 0. The molecule has 0 aliphatic carbocycles. The minimum absolute atomic E-state index is 0. The van der Waals surface area contributed by atoms with E-state index in [1.807, 2.05) is 0 Å². The summed E-state index contributed by atoms with van der Waals surface area (Å²) in [6.45, 7) is 0. The summed E-state index contributed by atoms with van der Waals surface area (Å²) < 4.78 is 0. The van der Waals surface area contributed by atoms with Gasteiger partial charge in [-0.05, 0) is 0 Å². The topological polar surface area (TPSA) is 0 Å². The van der Waals surface area contributed by atoms with E-state index in [-0.39, 0.29) is 94.8 Å². The van der Waals surface area contributed by atoms with Crippen LogP contribution in [0, 0.1) is 0 Å². The third-order valence-electron chi connectivity index (χ3n) is 0. The first-order valence-corrected chi connectivity index (χ1v) is 0. The van der Waals surface area contributed by atoms with Crippen molar-refractivity contribution < 1.29 is 34.0 Å². The Morgan fingerprint density at radius 3 is 0.750 bits per heavy atom.